The molecule has 0 spiro atoms. The van der Waals surface area contributed by atoms with Crippen LogP contribution in [-0.4, -0.2) is 40.5 Å². The molecule has 2 saturated carbocycles. The van der Waals surface area contributed by atoms with E-state index in [4.69, 9.17) is 0 Å². The maximum Gasteiger partial charge on any atom is 0.315 e. The van der Waals surface area contributed by atoms with Crippen LogP contribution in [0.5, 0.6) is 0 Å². The van der Waals surface area contributed by atoms with Gasteiger partial charge in [0.15, 0.2) is 0 Å². The van der Waals surface area contributed by atoms with E-state index < -0.39 is 0 Å². The van der Waals surface area contributed by atoms with Gasteiger partial charge in [-0.25, -0.2) is 9.78 Å². The first kappa shape index (κ1) is 14.9. The van der Waals surface area contributed by atoms with Gasteiger partial charge in [-0.3, -0.25) is 4.79 Å². The van der Waals surface area contributed by atoms with Gasteiger partial charge in [-0.05, 0) is 38.5 Å². The number of hydrogen-bond acceptors (Lipinski definition) is 4. The summed E-state index contributed by atoms with van der Waals surface area (Å²) in [7, 11) is 0. The van der Waals surface area contributed by atoms with Crippen molar-refractivity contribution in [3.63, 3.8) is 0 Å². The molecule has 3 fully saturated rings. The van der Waals surface area contributed by atoms with Crippen molar-refractivity contribution >= 4 is 23.3 Å². The van der Waals surface area contributed by atoms with Gasteiger partial charge in [0.05, 0.1) is 12.1 Å². The van der Waals surface area contributed by atoms with E-state index in [2.05, 4.69) is 15.6 Å². The molecule has 3 amide bonds. The van der Waals surface area contributed by atoms with Crippen molar-refractivity contribution in [2.24, 2.45) is 5.92 Å². The number of carbonyl (C=O) groups excluding carboxylic acids is 2. The number of amides is 3. The van der Waals surface area contributed by atoms with Crippen molar-refractivity contribution in [1.29, 1.82) is 0 Å². The summed E-state index contributed by atoms with van der Waals surface area (Å²) in [6.45, 7) is 2.68. The number of likely N-dealkylation sites (tertiary alicyclic amines) is 1. The summed E-state index contributed by atoms with van der Waals surface area (Å²) in [5.74, 6) is 0.673. The van der Waals surface area contributed by atoms with Crippen LogP contribution < -0.4 is 10.6 Å². The lowest BCUT2D eigenvalue weighted by Gasteiger charge is -2.19. The van der Waals surface area contributed by atoms with Gasteiger partial charge in [-0.2, -0.15) is 0 Å². The average molecular weight is 334 g/mol. The molecular formula is C16H22N4O2S. The van der Waals surface area contributed by atoms with E-state index in [0.717, 1.165) is 35.6 Å². The second-order valence-corrected chi connectivity index (χ2v) is 8.19. The molecular weight excluding hydrogens is 312 g/mol. The molecule has 2 aliphatic carbocycles. The largest absolute Gasteiger partial charge is 0.338 e. The number of urea groups is 1. The number of rotatable bonds is 5. The maximum atomic E-state index is 12.3. The highest BCUT2D eigenvalue weighted by Crippen LogP contribution is 2.42. The highest BCUT2D eigenvalue weighted by Gasteiger charge is 2.40. The van der Waals surface area contributed by atoms with Crippen LogP contribution in [0.1, 0.15) is 48.0 Å². The molecule has 0 unspecified atom stereocenters. The van der Waals surface area contributed by atoms with Crippen LogP contribution in [-0.2, 0) is 4.79 Å². The van der Waals surface area contributed by atoms with Crippen molar-refractivity contribution in [2.45, 2.75) is 57.2 Å². The SMILES string of the molecule is Cc1cnc([C@H](NC(=O)N[C@@H]2CC(=O)N(C3CC3)C2)C2CC2)s1. The Labute approximate surface area is 139 Å². The van der Waals surface area contributed by atoms with Crippen LogP contribution >= 0.6 is 11.3 Å². The first-order valence-corrected chi connectivity index (χ1v) is 9.20. The molecule has 1 aromatic heterocycles. The van der Waals surface area contributed by atoms with E-state index in [-0.39, 0.29) is 24.0 Å². The minimum absolute atomic E-state index is 0.00494. The molecule has 4 rings (SSSR count). The van der Waals surface area contributed by atoms with Crippen LogP contribution in [0.2, 0.25) is 0 Å². The third kappa shape index (κ3) is 3.34. The molecule has 6 nitrogen and oxygen atoms in total. The molecule has 124 valence electrons. The fraction of sp³-hybridized carbons (Fsp3) is 0.688. The van der Waals surface area contributed by atoms with Crippen LogP contribution in [0.15, 0.2) is 6.20 Å². The minimum Gasteiger partial charge on any atom is -0.338 e. The highest BCUT2D eigenvalue weighted by molar-refractivity contribution is 7.11. The summed E-state index contributed by atoms with van der Waals surface area (Å²) in [5.41, 5.74) is 0. The molecule has 3 aliphatic rings. The first-order valence-electron chi connectivity index (χ1n) is 8.39. The van der Waals surface area contributed by atoms with Gasteiger partial charge in [0.25, 0.3) is 0 Å². The van der Waals surface area contributed by atoms with Gasteiger partial charge in [0.1, 0.15) is 5.01 Å². The standard InChI is InChI=1S/C16H22N4O2S/c1-9-7-17-15(23-9)14(10-2-3-10)19-16(22)18-11-6-13(21)20(8-11)12-4-5-12/h7,10-12,14H,2-6,8H2,1H3,(H2,18,19,22)/t11-,14-/m1/s1. The number of nitrogens with zero attached hydrogens (tertiary/aromatic N) is 2. The lowest BCUT2D eigenvalue weighted by molar-refractivity contribution is -0.128. The fourth-order valence-corrected chi connectivity index (χ4v) is 4.18. The Kier molecular flexibility index (Phi) is 3.75. The Bertz CT molecular complexity index is 623. The molecule has 2 N–H and O–H groups in total. The summed E-state index contributed by atoms with van der Waals surface area (Å²) in [6.07, 6.45) is 6.78. The summed E-state index contributed by atoms with van der Waals surface area (Å²) >= 11 is 1.65. The Balaban J connectivity index is 1.34. The number of aromatic nitrogens is 1. The Hall–Kier alpha value is -1.63. The quantitative estimate of drug-likeness (QED) is 0.864. The van der Waals surface area contributed by atoms with E-state index in [1.807, 2.05) is 18.0 Å². The Morgan fingerprint density at radius 1 is 1.39 bits per heavy atom. The average Bonchev–Trinajstić information content (AvgIpc) is 3.41. The van der Waals surface area contributed by atoms with Crippen LogP contribution in [0, 0.1) is 12.8 Å². The highest BCUT2D eigenvalue weighted by atomic mass is 32.1. The second-order valence-electron chi connectivity index (χ2n) is 6.92. The minimum atomic E-state index is -0.176. The number of thiazole rings is 1. The molecule has 1 saturated heterocycles. The van der Waals surface area contributed by atoms with E-state index in [1.54, 1.807) is 11.3 Å². The van der Waals surface area contributed by atoms with Gasteiger partial charge in [0, 0.05) is 30.1 Å². The molecule has 2 heterocycles. The fourth-order valence-electron chi connectivity index (χ4n) is 3.26. The van der Waals surface area contributed by atoms with E-state index >= 15 is 0 Å². The molecule has 1 aliphatic heterocycles. The predicted molar refractivity (Wildman–Crippen MR) is 87.1 cm³/mol. The third-order valence-electron chi connectivity index (χ3n) is 4.77. The molecule has 0 aromatic carbocycles. The van der Waals surface area contributed by atoms with Gasteiger partial charge in [-0.1, -0.05) is 0 Å². The lowest BCUT2D eigenvalue weighted by atomic mass is 10.2. The molecule has 0 bridgehead atoms. The summed E-state index contributed by atoms with van der Waals surface area (Å²) in [4.78, 5) is 31.8. The maximum absolute atomic E-state index is 12.3. The third-order valence-corrected chi connectivity index (χ3v) is 5.76. The zero-order valence-corrected chi connectivity index (χ0v) is 14.1. The number of nitrogens with one attached hydrogen (secondary N) is 2. The van der Waals surface area contributed by atoms with Gasteiger partial charge < -0.3 is 15.5 Å². The smallest absolute Gasteiger partial charge is 0.315 e. The van der Waals surface area contributed by atoms with Gasteiger partial charge in [-0.15, -0.1) is 11.3 Å². The van der Waals surface area contributed by atoms with Crippen molar-refractivity contribution in [3.8, 4) is 0 Å². The zero-order valence-electron chi connectivity index (χ0n) is 13.2. The molecule has 1 aromatic rings. The van der Waals surface area contributed by atoms with Crippen molar-refractivity contribution < 1.29 is 9.59 Å². The summed E-state index contributed by atoms with van der Waals surface area (Å²) < 4.78 is 0. The zero-order chi connectivity index (χ0) is 16.0. The van der Waals surface area contributed by atoms with Gasteiger partial charge in [0.2, 0.25) is 5.91 Å². The second kappa shape index (κ2) is 5.78. The molecule has 0 radical (unpaired) electrons. The van der Waals surface area contributed by atoms with Crippen molar-refractivity contribution in [3.05, 3.63) is 16.1 Å². The van der Waals surface area contributed by atoms with E-state index in [9.17, 15) is 9.59 Å². The van der Waals surface area contributed by atoms with Crippen LogP contribution in [0.4, 0.5) is 4.79 Å². The normalized spacial score (nSPS) is 25.5. The Morgan fingerprint density at radius 2 is 2.17 bits per heavy atom. The topological polar surface area (TPSA) is 74.3 Å². The number of aryl methyl sites for hydroxylation is 1. The lowest BCUT2D eigenvalue weighted by Crippen LogP contribution is -2.45. The summed E-state index contributed by atoms with van der Waals surface area (Å²) in [6, 6.07) is 0.186. The first-order chi connectivity index (χ1) is 11.1. The van der Waals surface area contributed by atoms with Crippen molar-refractivity contribution in [1.82, 2.24) is 20.5 Å². The predicted octanol–water partition coefficient (Wildman–Crippen LogP) is 1.97. The molecule has 23 heavy (non-hydrogen) atoms. The summed E-state index contributed by atoms with van der Waals surface area (Å²) in [5, 5.41) is 7.04. The number of carbonyl (C=O) groups is 2. The van der Waals surface area contributed by atoms with Gasteiger partial charge >= 0.3 is 6.03 Å². The monoisotopic (exact) mass is 334 g/mol. The molecule has 7 heteroatoms. The van der Waals surface area contributed by atoms with E-state index in [0.29, 0.717) is 24.9 Å². The number of hydrogen-bond donors (Lipinski definition) is 2. The molecule has 2 atom stereocenters. The van der Waals surface area contributed by atoms with E-state index in [1.165, 1.54) is 0 Å². The van der Waals surface area contributed by atoms with Crippen LogP contribution in [0.3, 0.4) is 0 Å². The van der Waals surface area contributed by atoms with Crippen molar-refractivity contribution in [2.75, 3.05) is 6.54 Å². The van der Waals surface area contributed by atoms with Crippen LogP contribution in [0.25, 0.3) is 0 Å². The Morgan fingerprint density at radius 3 is 2.78 bits per heavy atom.